The van der Waals surface area contributed by atoms with Crippen LogP contribution in [0.4, 0.5) is 5.69 Å². The van der Waals surface area contributed by atoms with Gasteiger partial charge in [-0.15, -0.1) is 0 Å². The fourth-order valence-corrected chi connectivity index (χ4v) is 5.11. The highest BCUT2D eigenvalue weighted by Gasteiger charge is 2.18. The number of carbonyl (C=O) groups excluding carboxylic acids is 1. The second-order valence-electron chi connectivity index (χ2n) is 8.43. The molecule has 0 radical (unpaired) electrons. The topological polar surface area (TPSA) is 105 Å². The molecule has 2 N–H and O–H groups in total. The molecule has 0 unspecified atom stereocenters. The lowest BCUT2D eigenvalue weighted by Crippen LogP contribution is -2.30. The van der Waals surface area contributed by atoms with E-state index in [0.29, 0.717) is 24.5 Å². The number of nitrogens with zero attached hydrogens (tertiary/aromatic N) is 3. The Hall–Kier alpha value is -3.72. The maximum Gasteiger partial charge on any atom is 0.262 e. The summed E-state index contributed by atoms with van der Waals surface area (Å²) in [4.78, 5) is 17.0. The van der Waals surface area contributed by atoms with Crippen molar-refractivity contribution in [1.82, 2.24) is 14.5 Å². The molecule has 0 bridgehead atoms. The molecule has 35 heavy (non-hydrogen) atoms. The molecule has 1 aliphatic rings. The van der Waals surface area contributed by atoms with Gasteiger partial charge in [0.15, 0.2) is 0 Å². The van der Waals surface area contributed by atoms with E-state index in [1.807, 2.05) is 48.9 Å². The number of nitrogens with one attached hydrogen (secondary N) is 2. The summed E-state index contributed by atoms with van der Waals surface area (Å²) >= 11 is 0. The van der Waals surface area contributed by atoms with Crippen LogP contribution in [0.3, 0.4) is 0 Å². The number of para-hydroxylation sites is 1. The zero-order valence-electron chi connectivity index (χ0n) is 19.9. The molecule has 0 fully saturated rings. The van der Waals surface area contributed by atoms with E-state index in [1.54, 1.807) is 18.2 Å². The third-order valence-corrected chi connectivity index (χ3v) is 7.17. The summed E-state index contributed by atoms with van der Waals surface area (Å²) in [5.41, 5.74) is 3.90. The Balaban J connectivity index is 1.46. The molecule has 3 aromatic rings. The number of benzene rings is 2. The summed E-state index contributed by atoms with van der Waals surface area (Å²) in [6.45, 7) is 4.47. The summed E-state index contributed by atoms with van der Waals surface area (Å²) in [5.74, 6) is 0.119. The monoisotopic (exact) mass is 491 g/mol. The van der Waals surface area contributed by atoms with E-state index >= 15 is 0 Å². The standard InChI is InChI=1S/C26H29N5O3S/c1-19-24(20(2)31(29-19)22-11-5-3-6-12-22)15-16-26(32)28-21-10-9-13-23(18-21)35(33,34)30-25-14-7-4-8-17-27-25/h3,5-6,9-13,15-16,18H,4,7-8,14,17H2,1-2H3,(H,27,30)(H,28,32)/b16-15+. The van der Waals surface area contributed by atoms with Gasteiger partial charge in [0.05, 0.1) is 16.3 Å². The normalized spacial score (nSPS) is 14.4. The zero-order chi connectivity index (χ0) is 24.8. The summed E-state index contributed by atoms with van der Waals surface area (Å²) in [6.07, 6.45) is 6.67. The van der Waals surface area contributed by atoms with Gasteiger partial charge in [-0.3, -0.25) is 14.5 Å². The van der Waals surface area contributed by atoms with E-state index in [9.17, 15) is 13.2 Å². The minimum Gasteiger partial charge on any atom is -0.322 e. The van der Waals surface area contributed by atoms with Crippen molar-refractivity contribution in [2.75, 3.05) is 11.9 Å². The Morgan fingerprint density at radius 1 is 1.03 bits per heavy atom. The van der Waals surface area contributed by atoms with Crippen molar-refractivity contribution in [3.8, 4) is 5.69 Å². The molecule has 1 amide bonds. The lowest BCUT2D eigenvalue weighted by molar-refractivity contribution is -0.111. The number of rotatable bonds is 6. The van der Waals surface area contributed by atoms with E-state index in [0.717, 1.165) is 41.9 Å². The molecule has 2 aromatic carbocycles. The van der Waals surface area contributed by atoms with Crippen LogP contribution in [0.2, 0.25) is 0 Å². The maximum atomic E-state index is 12.8. The van der Waals surface area contributed by atoms with E-state index < -0.39 is 10.0 Å². The van der Waals surface area contributed by atoms with Crippen LogP contribution in [-0.4, -0.2) is 36.5 Å². The fourth-order valence-electron chi connectivity index (χ4n) is 3.97. The maximum absolute atomic E-state index is 12.8. The van der Waals surface area contributed by atoms with Gasteiger partial charge in [-0.1, -0.05) is 30.7 Å². The van der Waals surface area contributed by atoms with Crippen molar-refractivity contribution in [3.05, 3.63) is 77.6 Å². The van der Waals surface area contributed by atoms with Crippen molar-refractivity contribution in [3.63, 3.8) is 0 Å². The average Bonchev–Trinajstić information content (AvgIpc) is 2.98. The van der Waals surface area contributed by atoms with Crippen molar-refractivity contribution < 1.29 is 13.2 Å². The molecular formula is C26H29N5O3S. The number of hydrogen-bond donors (Lipinski definition) is 2. The SMILES string of the molecule is Cc1nn(-c2ccccc2)c(C)c1/C=C/C(=O)Nc1cccc(S(=O)(=O)NC2=NCCCCC2)c1. The van der Waals surface area contributed by atoms with Crippen LogP contribution in [0.15, 0.2) is 70.6 Å². The Labute approximate surface area is 205 Å². The Kier molecular flexibility index (Phi) is 7.45. The highest BCUT2D eigenvalue weighted by molar-refractivity contribution is 7.90. The van der Waals surface area contributed by atoms with Crippen LogP contribution < -0.4 is 10.0 Å². The number of aromatic nitrogens is 2. The third-order valence-electron chi connectivity index (χ3n) is 5.79. The molecule has 182 valence electrons. The van der Waals surface area contributed by atoms with Gasteiger partial charge < -0.3 is 5.32 Å². The molecule has 0 aliphatic carbocycles. The Morgan fingerprint density at radius 3 is 2.63 bits per heavy atom. The molecule has 4 rings (SSSR count). The first-order valence-corrected chi connectivity index (χ1v) is 13.1. The lowest BCUT2D eigenvalue weighted by Gasteiger charge is -2.11. The second-order valence-corrected chi connectivity index (χ2v) is 10.1. The van der Waals surface area contributed by atoms with Crippen molar-refractivity contribution in [1.29, 1.82) is 0 Å². The van der Waals surface area contributed by atoms with Gasteiger partial charge in [-0.2, -0.15) is 5.10 Å². The lowest BCUT2D eigenvalue weighted by atomic mass is 10.2. The van der Waals surface area contributed by atoms with Crippen molar-refractivity contribution in [2.45, 2.75) is 44.4 Å². The number of sulfonamides is 1. The molecule has 1 aliphatic heterocycles. The number of hydrogen-bond acceptors (Lipinski definition) is 5. The molecule has 9 heteroatoms. The largest absolute Gasteiger partial charge is 0.322 e. The second kappa shape index (κ2) is 10.7. The minimum atomic E-state index is -3.79. The summed E-state index contributed by atoms with van der Waals surface area (Å²) < 4.78 is 30.1. The molecule has 0 atom stereocenters. The van der Waals surface area contributed by atoms with Crippen molar-refractivity contribution in [2.24, 2.45) is 4.99 Å². The number of carbonyl (C=O) groups is 1. The van der Waals surface area contributed by atoms with Crippen LogP contribution in [0.25, 0.3) is 11.8 Å². The quantitative estimate of drug-likeness (QED) is 0.499. The van der Waals surface area contributed by atoms with Gasteiger partial charge in [0.2, 0.25) is 5.91 Å². The first-order valence-electron chi connectivity index (χ1n) is 11.6. The molecule has 0 saturated carbocycles. The van der Waals surface area contributed by atoms with Gasteiger partial charge in [0, 0.05) is 36.0 Å². The highest BCUT2D eigenvalue weighted by atomic mass is 32.2. The first kappa shape index (κ1) is 24.4. The van der Waals surface area contributed by atoms with Crippen LogP contribution in [0, 0.1) is 13.8 Å². The minimum absolute atomic E-state index is 0.0713. The Morgan fingerprint density at radius 2 is 1.83 bits per heavy atom. The molecule has 0 spiro atoms. The van der Waals surface area contributed by atoms with Gasteiger partial charge in [0.1, 0.15) is 5.84 Å². The number of aliphatic imine (C=N–C) groups is 1. The van der Waals surface area contributed by atoms with Crippen LogP contribution in [0.5, 0.6) is 0 Å². The summed E-state index contributed by atoms with van der Waals surface area (Å²) in [5, 5.41) is 7.33. The van der Waals surface area contributed by atoms with E-state index in [-0.39, 0.29) is 10.8 Å². The van der Waals surface area contributed by atoms with Gasteiger partial charge in [-0.05, 0) is 63.1 Å². The van der Waals surface area contributed by atoms with Crippen LogP contribution in [0.1, 0.15) is 42.6 Å². The van der Waals surface area contributed by atoms with E-state index in [1.165, 1.54) is 18.2 Å². The molecular weight excluding hydrogens is 462 g/mol. The third kappa shape index (κ3) is 6.05. The number of amides is 1. The molecule has 1 aromatic heterocycles. The Bertz CT molecular complexity index is 1380. The number of aryl methyl sites for hydroxylation is 1. The average molecular weight is 492 g/mol. The van der Waals surface area contributed by atoms with Gasteiger partial charge in [-0.25, -0.2) is 13.1 Å². The van der Waals surface area contributed by atoms with Gasteiger partial charge in [0.25, 0.3) is 10.0 Å². The summed E-state index contributed by atoms with van der Waals surface area (Å²) in [6, 6.07) is 16.0. The van der Waals surface area contributed by atoms with Crippen LogP contribution >= 0.6 is 0 Å². The van der Waals surface area contributed by atoms with Crippen molar-refractivity contribution >= 4 is 33.5 Å². The summed E-state index contributed by atoms with van der Waals surface area (Å²) in [7, 11) is -3.79. The van der Waals surface area contributed by atoms with E-state index in [4.69, 9.17) is 0 Å². The molecule has 2 heterocycles. The first-order chi connectivity index (χ1) is 16.8. The predicted octanol–water partition coefficient (Wildman–Crippen LogP) is 4.39. The fraction of sp³-hybridized carbons (Fsp3) is 0.269. The smallest absolute Gasteiger partial charge is 0.262 e. The highest BCUT2D eigenvalue weighted by Crippen LogP contribution is 2.20. The number of anilines is 1. The van der Waals surface area contributed by atoms with Crippen LogP contribution in [-0.2, 0) is 14.8 Å². The molecule has 0 saturated heterocycles. The van der Waals surface area contributed by atoms with Gasteiger partial charge >= 0.3 is 0 Å². The number of amidine groups is 1. The zero-order valence-corrected chi connectivity index (χ0v) is 20.7. The molecule has 8 nitrogen and oxygen atoms in total. The van der Waals surface area contributed by atoms with E-state index in [2.05, 4.69) is 20.1 Å². The predicted molar refractivity (Wildman–Crippen MR) is 138 cm³/mol.